The molecule has 178 valence electrons. The summed E-state index contributed by atoms with van der Waals surface area (Å²) >= 11 is 0. The molecule has 1 aliphatic carbocycles. The first-order valence-electron chi connectivity index (χ1n) is 11.9. The molecule has 8 nitrogen and oxygen atoms in total. The maximum Gasteiger partial charge on any atom is 0.257 e. The number of allylic oxidation sites excluding steroid dienone is 1. The summed E-state index contributed by atoms with van der Waals surface area (Å²) in [5.74, 6) is 0.742. The first-order valence-corrected chi connectivity index (χ1v) is 11.9. The van der Waals surface area contributed by atoms with Gasteiger partial charge in [-0.05, 0) is 55.2 Å². The summed E-state index contributed by atoms with van der Waals surface area (Å²) in [5, 5.41) is 14.6. The van der Waals surface area contributed by atoms with Gasteiger partial charge in [0.15, 0.2) is 5.82 Å². The van der Waals surface area contributed by atoms with Gasteiger partial charge >= 0.3 is 0 Å². The molecule has 5 rings (SSSR count). The first kappa shape index (κ1) is 22.9. The van der Waals surface area contributed by atoms with Gasteiger partial charge in [0, 0.05) is 42.3 Å². The third-order valence-corrected chi connectivity index (χ3v) is 6.64. The molecule has 0 aromatic carbocycles. The maximum atomic E-state index is 13.3. The van der Waals surface area contributed by atoms with Crippen LogP contribution in [0, 0.1) is 6.92 Å². The Morgan fingerprint density at radius 1 is 1.11 bits per heavy atom. The maximum absolute atomic E-state index is 13.3. The highest BCUT2D eigenvalue weighted by atomic mass is 16.3. The number of rotatable bonds is 6. The second-order valence-corrected chi connectivity index (χ2v) is 9.00. The van der Waals surface area contributed by atoms with E-state index in [1.165, 1.54) is 0 Å². The fourth-order valence-corrected chi connectivity index (χ4v) is 4.76. The van der Waals surface area contributed by atoms with Gasteiger partial charge in [-0.3, -0.25) is 14.3 Å². The number of aliphatic hydroxyl groups excluding tert-OH is 1. The lowest BCUT2D eigenvalue weighted by Crippen LogP contribution is -2.35. The van der Waals surface area contributed by atoms with E-state index in [0.717, 1.165) is 41.8 Å². The second kappa shape index (κ2) is 9.76. The van der Waals surface area contributed by atoms with Crippen LogP contribution in [0.1, 0.15) is 48.5 Å². The molecule has 4 aromatic heterocycles. The minimum atomic E-state index is -0.518. The molecule has 1 aliphatic rings. The molecule has 4 heterocycles. The van der Waals surface area contributed by atoms with E-state index in [2.05, 4.69) is 26.6 Å². The van der Waals surface area contributed by atoms with Crippen LogP contribution in [0.25, 0.3) is 22.6 Å². The largest absolute Gasteiger partial charge is 0.391 e. The summed E-state index contributed by atoms with van der Waals surface area (Å²) < 4.78 is 3.30. The molecule has 1 fully saturated rings. The van der Waals surface area contributed by atoms with Crippen molar-refractivity contribution in [3.05, 3.63) is 95.2 Å². The van der Waals surface area contributed by atoms with Gasteiger partial charge in [0.1, 0.15) is 0 Å². The lowest BCUT2D eigenvalue weighted by molar-refractivity contribution is 0.0731. The van der Waals surface area contributed by atoms with Crippen LogP contribution in [0.5, 0.6) is 0 Å². The van der Waals surface area contributed by atoms with Gasteiger partial charge in [-0.15, -0.1) is 0 Å². The Labute approximate surface area is 203 Å². The molecule has 0 bridgehead atoms. The minimum absolute atomic E-state index is 0.125. The van der Waals surface area contributed by atoms with Crippen molar-refractivity contribution in [1.82, 2.24) is 29.3 Å². The van der Waals surface area contributed by atoms with Crippen LogP contribution in [0.2, 0.25) is 0 Å². The van der Waals surface area contributed by atoms with E-state index in [9.17, 15) is 9.90 Å². The molecular weight excluding hydrogens is 440 g/mol. The predicted octanol–water partition coefficient (Wildman–Crippen LogP) is 3.93. The van der Waals surface area contributed by atoms with Crippen LogP contribution in [0.3, 0.4) is 0 Å². The fourth-order valence-electron chi connectivity index (χ4n) is 4.76. The Hall–Kier alpha value is -3.91. The van der Waals surface area contributed by atoms with Crippen molar-refractivity contribution in [2.24, 2.45) is 0 Å². The zero-order valence-electron chi connectivity index (χ0n) is 19.7. The van der Waals surface area contributed by atoms with E-state index < -0.39 is 6.10 Å². The summed E-state index contributed by atoms with van der Waals surface area (Å²) in [6, 6.07) is 9.30. The van der Waals surface area contributed by atoms with Crippen molar-refractivity contribution in [3.63, 3.8) is 0 Å². The van der Waals surface area contributed by atoms with Gasteiger partial charge < -0.3 is 5.11 Å². The first-order chi connectivity index (χ1) is 17.0. The standard InChI is InChI=1S/C27H28N6O2/c1-18(15-20-10-11-24(29-16-20)33-14-6-13-31-33)25-21(7-5-12-28-25)26-19(2)27(35)32(17-30-26)22-8-3-4-9-23(22)34/h5-7,10-14,16-17,22-23,34H,1,3-4,8-9,15H2,2H3. The van der Waals surface area contributed by atoms with E-state index >= 15 is 0 Å². The highest BCUT2D eigenvalue weighted by molar-refractivity contribution is 5.78. The number of hydrogen-bond donors (Lipinski definition) is 1. The Balaban J connectivity index is 1.42. The lowest BCUT2D eigenvalue weighted by Gasteiger charge is -2.29. The summed E-state index contributed by atoms with van der Waals surface area (Å²) in [7, 11) is 0. The van der Waals surface area contributed by atoms with Gasteiger partial charge in [-0.2, -0.15) is 5.10 Å². The van der Waals surface area contributed by atoms with Crippen molar-refractivity contribution >= 4 is 5.57 Å². The number of aliphatic hydroxyl groups is 1. The Bertz CT molecular complexity index is 1390. The summed E-state index contributed by atoms with van der Waals surface area (Å²) in [6.07, 6.45) is 12.2. The van der Waals surface area contributed by atoms with E-state index in [1.807, 2.05) is 42.7 Å². The minimum Gasteiger partial charge on any atom is -0.391 e. The van der Waals surface area contributed by atoms with Crippen LogP contribution < -0.4 is 5.56 Å². The molecule has 2 unspecified atom stereocenters. The Kier molecular flexibility index (Phi) is 6.37. The molecule has 0 saturated heterocycles. The quantitative estimate of drug-likeness (QED) is 0.460. The van der Waals surface area contributed by atoms with Crippen LogP contribution in [-0.4, -0.2) is 40.5 Å². The smallest absolute Gasteiger partial charge is 0.257 e. The molecule has 0 aliphatic heterocycles. The number of aromatic nitrogens is 6. The number of pyridine rings is 2. The van der Waals surface area contributed by atoms with E-state index in [0.29, 0.717) is 29.8 Å². The van der Waals surface area contributed by atoms with Crippen molar-refractivity contribution in [1.29, 1.82) is 0 Å². The zero-order valence-corrected chi connectivity index (χ0v) is 19.7. The molecule has 1 saturated carbocycles. The van der Waals surface area contributed by atoms with Crippen molar-refractivity contribution in [2.75, 3.05) is 0 Å². The zero-order chi connectivity index (χ0) is 24.4. The van der Waals surface area contributed by atoms with Crippen LogP contribution in [-0.2, 0) is 6.42 Å². The summed E-state index contributed by atoms with van der Waals surface area (Å²) in [5.41, 5.74) is 4.28. The molecule has 8 heteroatoms. The van der Waals surface area contributed by atoms with Crippen molar-refractivity contribution in [3.8, 4) is 17.1 Å². The second-order valence-electron chi connectivity index (χ2n) is 9.00. The molecule has 0 spiro atoms. The highest BCUT2D eigenvalue weighted by Crippen LogP contribution is 2.30. The van der Waals surface area contributed by atoms with Gasteiger partial charge in [-0.1, -0.05) is 25.5 Å². The Morgan fingerprint density at radius 3 is 2.71 bits per heavy atom. The monoisotopic (exact) mass is 468 g/mol. The van der Waals surface area contributed by atoms with Crippen LogP contribution in [0.15, 0.2) is 72.8 Å². The molecule has 0 radical (unpaired) electrons. The molecule has 1 N–H and O–H groups in total. The SMILES string of the molecule is C=C(Cc1ccc(-n2cccn2)nc1)c1ncccc1-c1ncn(C2CCCCC2O)c(=O)c1C. The fraction of sp³-hybridized carbons (Fsp3) is 0.296. The lowest BCUT2D eigenvalue weighted by atomic mass is 9.92. The van der Waals surface area contributed by atoms with E-state index in [4.69, 9.17) is 0 Å². The average Bonchev–Trinajstić information content (AvgIpc) is 3.42. The van der Waals surface area contributed by atoms with Crippen LogP contribution >= 0.6 is 0 Å². The van der Waals surface area contributed by atoms with Gasteiger partial charge in [-0.25, -0.2) is 14.6 Å². The van der Waals surface area contributed by atoms with Crippen molar-refractivity contribution in [2.45, 2.75) is 51.2 Å². The molecule has 4 aromatic rings. The van der Waals surface area contributed by atoms with Crippen molar-refractivity contribution < 1.29 is 5.11 Å². The van der Waals surface area contributed by atoms with Gasteiger partial charge in [0.2, 0.25) is 0 Å². The predicted molar refractivity (Wildman–Crippen MR) is 134 cm³/mol. The Morgan fingerprint density at radius 2 is 1.97 bits per heavy atom. The normalized spacial score (nSPS) is 17.9. The van der Waals surface area contributed by atoms with Gasteiger partial charge in [0.05, 0.1) is 29.9 Å². The average molecular weight is 469 g/mol. The topological polar surface area (TPSA) is 98.7 Å². The molecule has 2 atom stereocenters. The number of nitrogens with zero attached hydrogens (tertiary/aromatic N) is 6. The van der Waals surface area contributed by atoms with Gasteiger partial charge in [0.25, 0.3) is 5.56 Å². The van der Waals surface area contributed by atoms with E-state index in [1.54, 1.807) is 34.9 Å². The van der Waals surface area contributed by atoms with E-state index in [-0.39, 0.29) is 11.6 Å². The molecule has 35 heavy (non-hydrogen) atoms. The highest BCUT2D eigenvalue weighted by Gasteiger charge is 2.27. The number of hydrogen-bond acceptors (Lipinski definition) is 6. The third-order valence-electron chi connectivity index (χ3n) is 6.64. The van der Waals surface area contributed by atoms with Crippen LogP contribution in [0.4, 0.5) is 0 Å². The molecular formula is C27H28N6O2. The third kappa shape index (κ3) is 4.57. The summed E-state index contributed by atoms with van der Waals surface area (Å²) in [4.78, 5) is 27.0. The summed E-state index contributed by atoms with van der Waals surface area (Å²) in [6.45, 7) is 6.07. The molecule has 0 amide bonds.